The van der Waals surface area contributed by atoms with Crippen LogP contribution in [0.5, 0.6) is 0 Å². The van der Waals surface area contributed by atoms with E-state index in [2.05, 4.69) is 0 Å². The van der Waals surface area contributed by atoms with Crippen LogP contribution >= 0.6 is 0 Å². The summed E-state index contributed by atoms with van der Waals surface area (Å²) in [6.45, 7) is 1.76. The lowest BCUT2D eigenvalue weighted by atomic mass is 10.2. The molecule has 1 heterocycles. The summed E-state index contributed by atoms with van der Waals surface area (Å²) in [5, 5.41) is 11.2. The molecule has 2 rings (SSSR count). The fourth-order valence-electron chi connectivity index (χ4n) is 2.02. The molecule has 0 bridgehead atoms. The van der Waals surface area contributed by atoms with Gasteiger partial charge in [-0.2, -0.15) is 4.72 Å². The van der Waals surface area contributed by atoms with E-state index < -0.39 is 34.0 Å². The lowest BCUT2D eigenvalue weighted by Crippen LogP contribution is -2.59. The fourth-order valence-corrected chi connectivity index (χ4v) is 3.15. The van der Waals surface area contributed by atoms with Crippen LogP contribution in [0.4, 0.5) is 0 Å². The van der Waals surface area contributed by atoms with Crippen LogP contribution < -0.4 is 9.83 Å². The molecule has 1 saturated heterocycles. The van der Waals surface area contributed by atoms with Crippen molar-refractivity contribution < 1.29 is 27.9 Å². The minimum absolute atomic E-state index is 0.158. The number of nitrogens with one attached hydrogen (secondary N) is 1. The van der Waals surface area contributed by atoms with Crippen LogP contribution in [0.3, 0.4) is 0 Å². The SMILES string of the molecule is Cc1ccc(S(=O)(=O)NC(C(=O)[O-])N2C(=O)CCC2=O)cc1. The maximum absolute atomic E-state index is 12.2. The molecule has 1 unspecified atom stereocenters. The Morgan fingerprint density at radius 1 is 1.18 bits per heavy atom. The van der Waals surface area contributed by atoms with Gasteiger partial charge in [-0.15, -0.1) is 0 Å². The van der Waals surface area contributed by atoms with Crippen LogP contribution in [0.1, 0.15) is 18.4 Å². The predicted octanol–water partition coefficient (Wildman–Crippen LogP) is -1.50. The highest BCUT2D eigenvalue weighted by atomic mass is 32.2. The molecule has 118 valence electrons. The Hall–Kier alpha value is -2.26. The Labute approximate surface area is 126 Å². The van der Waals surface area contributed by atoms with Gasteiger partial charge in [0.2, 0.25) is 21.8 Å². The quantitative estimate of drug-likeness (QED) is 0.657. The van der Waals surface area contributed by atoms with Gasteiger partial charge in [0.25, 0.3) is 0 Å². The smallest absolute Gasteiger partial charge is 0.242 e. The second-order valence-electron chi connectivity index (χ2n) is 4.81. The first-order chi connectivity index (χ1) is 10.2. The molecule has 1 aromatic rings. The Bertz CT molecular complexity index is 709. The zero-order valence-electron chi connectivity index (χ0n) is 11.6. The standard InChI is InChI=1S/C13H14N2O6S/c1-8-2-4-9(5-3-8)22(20,21)14-12(13(18)19)15-10(16)6-7-11(15)17/h2-5,12,14H,6-7H2,1H3,(H,18,19)/p-1. The lowest BCUT2D eigenvalue weighted by Gasteiger charge is -2.27. The van der Waals surface area contributed by atoms with Gasteiger partial charge < -0.3 is 9.90 Å². The second-order valence-corrected chi connectivity index (χ2v) is 6.53. The number of hydrogen-bond acceptors (Lipinski definition) is 6. The minimum Gasteiger partial charge on any atom is -0.546 e. The summed E-state index contributed by atoms with van der Waals surface area (Å²) in [4.78, 5) is 34.5. The molecule has 22 heavy (non-hydrogen) atoms. The first-order valence-corrected chi connectivity index (χ1v) is 7.85. The van der Waals surface area contributed by atoms with Crippen molar-refractivity contribution in [3.8, 4) is 0 Å². The third-order valence-corrected chi connectivity index (χ3v) is 4.60. The van der Waals surface area contributed by atoms with Crippen LogP contribution in [-0.2, 0) is 24.4 Å². The van der Waals surface area contributed by atoms with Gasteiger partial charge in [0.1, 0.15) is 6.17 Å². The second kappa shape index (κ2) is 5.85. The van der Waals surface area contributed by atoms with E-state index in [9.17, 15) is 27.9 Å². The molecule has 8 nitrogen and oxygen atoms in total. The number of amides is 2. The molecule has 9 heteroatoms. The van der Waals surface area contributed by atoms with Crippen molar-refractivity contribution in [2.75, 3.05) is 0 Å². The maximum Gasteiger partial charge on any atom is 0.242 e. The molecule has 1 N–H and O–H groups in total. The van der Waals surface area contributed by atoms with E-state index in [1.54, 1.807) is 6.92 Å². The molecule has 0 saturated carbocycles. The van der Waals surface area contributed by atoms with Crippen LogP contribution in [0.15, 0.2) is 29.2 Å². The first-order valence-electron chi connectivity index (χ1n) is 6.37. The highest BCUT2D eigenvalue weighted by Gasteiger charge is 2.38. The molecule has 0 aliphatic carbocycles. The predicted molar refractivity (Wildman–Crippen MR) is 71.4 cm³/mol. The normalized spacial score (nSPS) is 16.9. The summed E-state index contributed by atoms with van der Waals surface area (Å²) in [6.07, 6.45) is -2.38. The van der Waals surface area contributed by atoms with Crippen LogP contribution in [-0.4, -0.2) is 37.3 Å². The first kappa shape index (κ1) is 16.1. The molecule has 1 fully saturated rings. The molecule has 1 aromatic carbocycles. The van der Waals surface area contributed by atoms with E-state index in [1.165, 1.54) is 24.3 Å². The van der Waals surface area contributed by atoms with Gasteiger partial charge in [0.05, 0.1) is 10.9 Å². The number of carboxylic acids is 1. The van der Waals surface area contributed by atoms with E-state index in [0.29, 0.717) is 4.90 Å². The van der Waals surface area contributed by atoms with Crippen molar-refractivity contribution in [2.45, 2.75) is 30.8 Å². The number of rotatable bonds is 5. The summed E-state index contributed by atoms with van der Waals surface area (Å²) < 4.78 is 26.2. The monoisotopic (exact) mass is 325 g/mol. The van der Waals surface area contributed by atoms with Crippen molar-refractivity contribution in [2.24, 2.45) is 0 Å². The van der Waals surface area contributed by atoms with Gasteiger partial charge in [-0.1, -0.05) is 17.7 Å². The zero-order chi connectivity index (χ0) is 16.5. The highest BCUT2D eigenvalue weighted by molar-refractivity contribution is 7.89. The van der Waals surface area contributed by atoms with Crippen LogP contribution in [0.25, 0.3) is 0 Å². The largest absolute Gasteiger partial charge is 0.546 e. The third kappa shape index (κ3) is 3.15. The molecule has 0 aromatic heterocycles. The van der Waals surface area contributed by atoms with Gasteiger partial charge in [0.15, 0.2) is 0 Å². The van der Waals surface area contributed by atoms with E-state index in [0.717, 1.165) is 5.56 Å². The Balaban J connectivity index is 2.31. The topological polar surface area (TPSA) is 124 Å². The molecule has 1 aliphatic rings. The third-order valence-electron chi connectivity index (χ3n) is 3.17. The van der Waals surface area contributed by atoms with Crippen molar-refractivity contribution in [1.29, 1.82) is 0 Å². The number of imide groups is 1. The number of carbonyl (C=O) groups excluding carboxylic acids is 3. The van der Waals surface area contributed by atoms with Crippen LogP contribution in [0.2, 0.25) is 0 Å². The highest BCUT2D eigenvalue weighted by Crippen LogP contribution is 2.17. The summed E-state index contributed by atoms with van der Waals surface area (Å²) in [5.74, 6) is -3.39. The van der Waals surface area contributed by atoms with E-state index in [-0.39, 0.29) is 17.7 Å². The van der Waals surface area contributed by atoms with Gasteiger partial charge in [-0.3, -0.25) is 14.5 Å². The fraction of sp³-hybridized carbons (Fsp3) is 0.308. The van der Waals surface area contributed by atoms with E-state index >= 15 is 0 Å². The Morgan fingerprint density at radius 2 is 1.68 bits per heavy atom. The van der Waals surface area contributed by atoms with Gasteiger partial charge in [0, 0.05) is 12.8 Å². The number of benzene rings is 1. The summed E-state index contributed by atoms with van der Waals surface area (Å²) in [6, 6.07) is 5.65. The molecule has 0 radical (unpaired) electrons. The summed E-state index contributed by atoms with van der Waals surface area (Å²) in [5.41, 5.74) is 0.820. The summed E-state index contributed by atoms with van der Waals surface area (Å²) >= 11 is 0. The number of nitrogens with zero attached hydrogens (tertiary/aromatic N) is 1. The number of carbonyl (C=O) groups is 3. The van der Waals surface area contributed by atoms with Crippen molar-refractivity contribution in [3.05, 3.63) is 29.8 Å². The number of aryl methyl sites for hydroxylation is 1. The minimum atomic E-state index is -4.22. The number of aliphatic carboxylic acids is 1. The van der Waals surface area contributed by atoms with E-state index in [4.69, 9.17) is 0 Å². The Morgan fingerprint density at radius 3 is 2.14 bits per heavy atom. The van der Waals surface area contributed by atoms with E-state index in [1.807, 2.05) is 4.72 Å². The van der Waals surface area contributed by atoms with Crippen molar-refractivity contribution in [3.63, 3.8) is 0 Å². The van der Waals surface area contributed by atoms with Crippen molar-refractivity contribution in [1.82, 2.24) is 9.62 Å². The maximum atomic E-state index is 12.2. The number of likely N-dealkylation sites (tertiary alicyclic amines) is 1. The number of carboxylic acid groups (broad SMARTS) is 1. The Kier molecular flexibility index (Phi) is 4.29. The average molecular weight is 325 g/mol. The van der Waals surface area contributed by atoms with Gasteiger partial charge in [-0.25, -0.2) is 8.42 Å². The number of hydrogen-bond donors (Lipinski definition) is 1. The summed E-state index contributed by atoms with van der Waals surface area (Å²) in [7, 11) is -4.22. The lowest BCUT2D eigenvalue weighted by molar-refractivity contribution is -0.311. The average Bonchev–Trinajstić information content (AvgIpc) is 2.76. The van der Waals surface area contributed by atoms with Crippen molar-refractivity contribution >= 4 is 27.8 Å². The molecular formula is C13H13N2O6S-. The van der Waals surface area contributed by atoms with Gasteiger partial charge in [-0.05, 0) is 19.1 Å². The zero-order valence-corrected chi connectivity index (χ0v) is 12.4. The molecule has 1 atom stereocenters. The number of sulfonamides is 1. The van der Waals surface area contributed by atoms with Gasteiger partial charge >= 0.3 is 0 Å². The molecule has 0 spiro atoms. The molecule has 2 amide bonds. The van der Waals surface area contributed by atoms with Crippen LogP contribution in [0, 0.1) is 6.92 Å². The molecule has 1 aliphatic heterocycles. The molecular weight excluding hydrogens is 312 g/mol.